The first-order valence-electron chi connectivity index (χ1n) is 11.5. The predicted octanol–water partition coefficient (Wildman–Crippen LogP) is 7.35. The number of hydrogen-bond donors (Lipinski definition) is 0. The van der Waals surface area contributed by atoms with Gasteiger partial charge < -0.3 is 14.2 Å². The van der Waals surface area contributed by atoms with Crippen molar-refractivity contribution in [3.8, 4) is 22.9 Å². The largest absolute Gasteiger partial charge is 0.497 e. The highest BCUT2D eigenvalue weighted by Gasteiger charge is 2.26. The zero-order valence-corrected chi connectivity index (χ0v) is 25.0. The Balaban J connectivity index is 1.64. The summed E-state index contributed by atoms with van der Waals surface area (Å²) in [6.45, 7) is 1.64. The van der Waals surface area contributed by atoms with Crippen LogP contribution in [-0.2, 0) is 6.61 Å². The predicted molar refractivity (Wildman–Crippen MR) is 155 cm³/mol. The Hall–Kier alpha value is -2.99. The molecular formula is C26H23BrCl2N4O5S. The first kappa shape index (κ1) is 29.0. The molecule has 0 unspecified atom stereocenters. The van der Waals surface area contributed by atoms with E-state index in [0.29, 0.717) is 48.3 Å². The molecule has 0 radical (unpaired) electrons. The molecule has 1 aromatic heterocycles. The normalized spacial score (nSPS) is 11.7. The van der Waals surface area contributed by atoms with Gasteiger partial charge in [0.15, 0.2) is 16.7 Å². The van der Waals surface area contributed by atoms with Crippen molar-refractivity contribution in [3.05, 3.63) is 96.2 Å². The summed E-state index contributed by atoms with van der Waals surface area (Å²) in [6.07, 6.45) is 0. The van der Waals surface area contributed by atoms with Crippen molar-refractivity contribution >= 4 is 50.9 Å². The lowest BCUT2D eigenvalue weighted by molar-refractivity contribution is -0.479. The van der Waals surface area contributed by atoms with Gasteiger partial charge in [0.1, 0.15) is 23.4 Å². The van der Waals surface area contributed by atoms with Crippen LogP contribution in [-0.4, -0.2) is 40.5 Å². The molecule has 0 amide bonds. The van der Waals surface area contributed by atoms with Gasteiger partial charge in [-0.2, -0.15) is 0 Å². The summed E-state index contributed by atoms with van der Waals surface area (Å²) in [5, 5.41) is 21.1. The van der Waals surface area contributed by atoms with Gasteiger partial charge in [-0.15, -0.1) is 10.2 Å². The Morgan fingerprint density at radius 1 is 1.08 bits per heavy atom. The number of aryl methyl sites for hydroxylation is 1. The maximum atomic E-state index is 11.7. The summed E-state index contributed by atoms with van der Waals surface area (Å²) in [5.41, 5.74) is 2.21. The van der Waals surface area contributed by atoms with E-state index in [1.165, 1.54) is 18.9 Å². The molecule has 9 nitrogen and oxygen atoms in total. The van der Waals surface area contributed by atoms with E-state index in [4.69, 9.17) is 37.4 Å². The van der Waals surface area contributed by atoms with E-state index in [1.807, 2.05) is 35.8 Å². The fraction of sp³-hybridized carbons (Fsp3) is 0.231. The molecule has 0 aliphatic rings. The molecule has 0 spiro atoms. The lowest BCUT2D eigenvalue weighted by atomic mass is 10.1. The summed E-state index contributed by atoms with van der Waals surface area (Å²) in [4.78, 5) is 11.3. The van der Waals surface area contributed by atoms with Crippen LogP contribution in [0.15, 0.2) is 64.2 Å². The number of ether oxygens (including phenoxy) is 3. The van der Waals surface area contributed by atoms with Crippen molar-refractivity contribution in [3.63, 3.8) is 0 Å². The van der Waals surface area contributed by atoms with Crippen molar-refractivity contribution in [2.75, 3.05) is 20.8 Å². The lowest BCUT2D eigenvalue weighted by Crippen LogP contribution is -2.12. The van der Waals surface area contributed by atoms with Crippen LogP contribution in [0.4, 0.5) is 0 Å². The maximum Gasteiger partial charge on any atom is 0.220 e. The molecule has 3 aromatic carbocycles. The molecule has 0 aliphatic heterocycles. The van der Waals surface area contributed by atoms with Crippen LogP contribution in [0.5, 0.6) is 17.2 Å². The summed E-state index contributed by atoms with van der Waals surface area (Å²) in [5.74, 6) is 2.20. The van der Waals surface area contributed by atoms with E-state index in [1.54, 1.807) is 37.4 Å². The molecule has 0 bridgehead atoms. The van der Waals surface area contributed by atoms with Gasteiger partial charge in [-0.3, -0.25) is 14.7 Å². The zero-order valence-electron chi connectivity index (χ0n) is 21.1. The van der Waals surface area contributed by atoms with E-state index in [-0.39, 0.29) is 18.1 Å². The Bertz CT molecular complexity index is 1490. The molecule has 0 N–H and O–H groups in total. The van der Waals surface area contributed by atoms with Gasteiger partial charge in [0.25, 0.3) is 0 Å². The molecule has 39 heavy (non-hydrogen) atoms. The molecule has 0 fully saturated rings. The van der Waals surface area contributed by atoms with E-state index in [2.05, 4.69) is 26.1 Å². The Kier molecular flexibility index (Phi) is 9.60. The third-order valence-corrected chi connectivity index (χ3v) is 8.06. The van der Waals surface area contributed by atoms with Crippen molar-refractivity contribution < 1.29 is 19.1 Å². The highest BCUT2D eigenvalue weighted by Crippen LogP contribution is 2.43. The van der Waals surface area contributed by atoms with Crippen molar-refractivity contribution in [1.29, 1.82) is 0 Å². The van der Waals surface area contributed by atoms with Crippen LogP contribution in [0.2, 0.25) is 10.0 Å². The standard InChI is InChI=1S/C26H23BrCl2N4O5S/c1-15-30-31-26(33(15)19-6-8-20(36-2)9-7-19)39-24(13-32(34)35)17-10-21(27)25(23(11-17)37-3)38-14-16-4-5-18(28)12-22(16)29/h4-12,24H,13-14H2,1-3H3/t24-/m1/s1. The highest BCUT2D eigenvalue weighted by molar-refractivity contribution is 9.10. The Morgan fingerprint density at radius 3 is 2.46 bits per heavy atom. The van der Waals surface area contributed by atoms with E-state index < -0.39 is 5.25 Å². The number of benzene rings is 3. The first-order chi connectivity index (χ1) is 18.7. The Morgan fingerprint density at radius 2 is 1.82 bits per heavy atom. The minimum absolute atomic E-state index is 0.168. The van der Waals surface area contributed by atoms with Gasteiger partial charge in [0.2, 0.25) is 6.54 Å². The van der Waals surface area contributed by atoms with Crippen LogP contribution in [0.25, 0.3) is 5.69 Å². The van der Waals surface area contributed by atoms with Gasteiger partial charge in [-0.1, -0.05) is 41.0 Å². The summed E-state index contributed by atoms with van der Waals surface area (Å²) < 4.78 is 19.3. The highest BCUT2D eigenvalue weighted by atomic mass is 79.9. The second kappa shape index (κ2) is 12.9. The number of nitro groups is 1. The summed E-state index contributed by atoms with van der Waals surface area (Å²) >= 11 is 17.1. The molecular weight excluding hydrogens is 631 g/mol. The van der Waals surface area contributed by atoms with Crippen molar-refractivity contribution in [2.24, 2.45) is 0 Å². The van der Waals surface area contributed by atoms with E-state index in [0.717, 1.165) is 11.3 Å². The molecule has 13 heteroatoms. The number of methoxy groups -OCH3 is 2. The summed E-state index contributed by atoms with van der Waals surface area (Å²) in [7, 11) is 3.10. The first-order valence-corrected chi connectivity index (χ1v) is 13.9. The quantitative estimate of drug-likeness (QED) is 0.0941. The van der Waals surface area contributed by atoms with Crippen LogP contribution in [0, 0.1) is 17.0 Å². The molecule has 4 rings (SSSR count). The van der Waals surface area contributed by atoms with Gasteiger partial charge in [-0.25, -0.2) is 0 Å². The Labute approximate surface area is 247 Å². The minimum atomic E-state index is -0.606. The minimum Gasteiger partial charge on any atom is -0.497 e. The molecule has 1 heterocycles. The third-order valence-electron chi connectivity index (χ3n) is 5.70. The number of hydrogen-bond acceptors (Lipinski definition) is 8. The molecule has 0 saturated carbocycles. The lowest BCUT2D eigenvalue weighted by Gasteiger charge is -2.18. The van der Waals surface area contributed by atoms with Gasteiger partial charge >= 0.3 is 0 Å². The van der Waals surface area contributed by atoms with Gasteiger partial charge in [-0.05, 0) is 76.9 Å². The van der Waals surface area contributed by atoms with E-state index >= 15 is 0 Å². The molecule has 1 atom stereocenters. The van der Waals surface area contributed by atoms with Crippen molar-refractivity contribution in [1.82, 2.24) is 14.8 Å². The molecule has 4 aromatic rings. The second-order valence-corrected chi connectivity index (χ2v) is 11.1. The van der Waals surface area contributed by atoms with Crippen LogP contribution in [0.3, 0.4) is 0 Å². The number of aromatic nitrogens is 3. The molecule has 0 aliphatic carbocycles. The summed E-state index contributed by atoms with van der Waals surface area (Å²) in [6, 6.07) is 16.1. The average molecular weight is 654 g/mol. The van der Waals surface area contributed by atoms with Crippen LogP contribution >= 0.6 is 50.9 Å². The second-order valence-electron chi connectivity index (χ2n) is 8.24. The molecule has 204 valence electrons. The van der Waals surface area contributed by atoms with E-state index in [9.17, 15) is 10.1 Å². The average Bonchev–Trinajstić information content (AvgIpc) is 3.27. The molecule has 0 saturated heterocycles. The monoisotopic (exact) mass is 652 g/mol. The fourth-order valence-corrected chi connectivity index (χ4v) is 5.97. The number of thioether (sulfide) groups is 1. The third kappa shape index (κ3) is 6.96. The maximum absolute atomic E-state index is 11.7. The topological polar surface area (TPSA) is 102 Å². The SMILES string of the molecule is COc1ccc(-n2c(C)nnc2S[C@H](C[N+](=O)[O-])c2cc(Br)c(OCc3ccc(Cl)cc3Cl)c(OC)c2)cc1. The smallest absolute Gasteiger partial charge is 0.220 e. The number of rotatable bonds is 11. The fourth-order valence-electron chi connectivity index (χ4n) is 3.78. The van der Waals surface area contributed by atoms with Crippen LogP contribution in [0.1, 0.15) is 22.2 Å². The zero-order chi connectivity index (χ0) is 28.1. The van der Waals surface area contributed by atoms with Crippen molar-refractivity contribution in [2.45, 2.75) is 23.9 Å². The number of nitrogens with zero attached hydrogens (tertiary/aromatic N) is 4. The number of halogens is 3. The van der Waals surface area contributed by atoms with Gasteiger partial charge in [0, 0.05) is 26.2 Å². The van der Waals surface area contributed by atoms with Gasteiger partial charge in [0.05, 0.1) is 18.7 Å². The van der Waals surface area contributed by atoms with Crippen LogP contribution < -0.4 is 14.2 Å².